The number of halogens is 1. The number of carbonyl (C=O) groups is 1. The molecule has 1 unspecified atom stereocenters. The molecule has 0 saturated carbocycles. The van der Waals surface area contributed by atoms with E-state index in [2.05, 4.69) is 15.7 Å². The van der Waals surface area contributed by atoms with Crippen molar-refractivity contribution in [1.29, 1.82) is 0 Å². The standard InChI is InChI=1S/C18H18N4OS.ClH/c23-18(20-13-8-9-19-11-13)15-12-22(14-5-2-1-3-6-14)21-17(15)16-7-4-10-24-16;/h1-7,10,12-13,19H,8-9,11H2,(H,20,23);1H. The summed E-state index contributed by atoms with van der Waals surface area (Å²) in [6.45, 7) is 1.78. The van der Waals surface area contributed by atoms with Gasteiger partial charge in [0.2, 0.25) is 0 Å². The molecule has 4 rings (SSSR count). The average Bonchev–Trinajstić information content (AvgIpc) is 3.36. The van der Waals surface area contributed by atoms with Crippen LogP contribution in [0.4, 0.5) is 0 Å². The summed E-state index contributed by atoms with van der Waals surface area (Å²) in [6, 6.07) is 14.0. The number of hydrogen-bond acceptors (Lipinski definition) is 4. The zero-order valence-corrected chi connectivity index (χ0v) is 15.1. The van der Waals surface area contributed by atoms with Crippen LogP contribution in [-0.2, 0) is 0 Å². The van der Waals surface area contributed by atoms with Gasteiger partial charge in [-0.25, -0.2) is 4.68 Å². The Morgan fingerprint density at radius 3 is 2.76 bits per heavy atom. The van der Waals surface area contributed by atoms with Crippen molar-refractivity contribution in [2.45, 2.75) is 12.5 Å². The van der Waals surface area contributed by atoms with E-state index in [0.717, 1.165) is 35.8 Å². The molecule has 7 heteroatoms. The fraction of sp³-hybridized carbons (Fsp3) is 0.222. The Labute approximate surface area is 156 Å². The highest BCUT2D eigenvalue weighted by Crippen LogP contribution is 2.27. The normalized spacial score (nSPS) is 16.4. The maximum atomic E-state index is 12.8. The van der Waals surface area contributed by atoms with E-state index >= 15 is 0 Å². The van der Waals surface area contributed by atoms with Crippen LogP contribution in [-0.4, -0.2) is 34.8 Å². The molecular formula is C18H19ClN4OS. The maximum absolute atomic E-state index is 12.8. The van der Waals surface area contributed by atoms with Crippen LogP contribution in [0.15, 0.2) is 54.0 Å². The molecule has 2 N–H and O–H groups in total. The van der Waals surface area contributed by atoms with Crippen LogP contribution in [0.3, 0.4) is 0 Å². The van der Waals surface area contributed by atoms with Gasteiger partial charge in [-0.1, -0.05) is 24.3 Å². The van der Waals surface area contributed by atoms with Crippen molar-refractivity contribution in [3.8, 4) is 16.3 Å². The third kappa shape index (κ3) is 3.76. The van der Waals surface area contributed by atoms with Crippen molar-refractivity contribution in [3.63, 3.8) is 0 Å². The highest BCUT2D eigenvalue weighted by atomic mass is 35.5. The summed E-state index contributed by atoms with van der Waals surface area (Å²) in [5.41, 5.74) is 2.29. The van der Waals surface area contributed by atoms with Crippen molar-refractivity contribution in [2.75, 3.05) is 13.1 Å². The van der Waals surface area contributed by atoms with Crippen molar-refractivity contribution in [2.24, 2.45) is 0 Å². The molecule has 1 saturated heterocycles. The number of amides is 1. The molecule has 130 valence electrons. The van der Waals surface area contributed by atoms with Gasteiger partial charge >= 0.3 is 0 Å². The fourth-order valence-electron chi connectivity index (χ4n) is 2.89. The van der Waals surface area contributed by atoms with Gasteiger partial charge in [-0.2, -0.15) is 5.10 Å². The first-order valence-electron chi connectivity index (χ1n) is 8.02. The van der Waals surface area contributed by atoms with E-state index in [4.69, 9.17) is 0 Å². The summed E-state index contributed by atoms with van der Waals surface area (Å²) in [7, 11) is 0. The Hall–Kier alpha value is -2.15. The Morgan fingerprint density at radius 2 is 2.08 bits per heavy atom. The van der Waals surface area contributed by atoms with E-state index in [1.54, 1.807) is 16.0 Å². The van der Waals surface area contributed by atoms with Crippen molar-refractivity contribution < 1.29 is 4.79 Å². The molecule has 2 aromatic heterocycles. The lowest BCUT2D eigenvalue weighted by molar-refractivity contribution is 0.0940. The second-order valence-corrected chi connectivity index (χ2v) is 6.76. The lowest BCUT2D eigenvalue weighted by Gasteiger charge is -2.10. The van der Waals surface area contributed by atoms with E-state index in [1.807, 2.05) is 54.0 Å². The van der Waals surface area contributed by atoms with Crippen LogP contribution in [0.5, 0.6) is 0 Å². The number of nitrogens with one attached hydrogen (secondary N) is 2. The predicted octanol–water partition coefficient (Wildman–Crippen LogP) is 3.11. The molecule has 25 heavy (non-hydrogen) atoms. The first kappa shape index (κ1) is 17.7. The number of nitrogens with zero attached hydrogens (tertiary/aromatic N) is 2. The third-order valence-corrected chi connectivity index (χ3v) is 5.01. The molecule has 0 radical (unpaired) electrons. The number of rotatable bonds is 4. The molecule has 1 aliphatic heterocycles. The average molecular weight is 375 g/mol. The smallest absolute Gasteiger partial charge is 0.255 e. The van der Waals surface area contributed by atoms with Gasteiger partial charge in [0.15, 0.2) is 0 Å². The van der Waals surface area contributed by atoms with Crippen LogP contribution in [0.1, 0.15) is 16.8 Å². The van der Waals surface area contributed by atoms with E-state index in [-0.39, 0.29) is 24.4 Å². The van der Waals surface area contributed by atoms with Gasteiger partial charge in [0.05, 0.1) is 16.1 Å². The summed E-state index contributed by atoms with van der Waals surface area (Å²) >= 11 is 1.59. The first-order chi connectivity index (χ1) is 11.8. The Balaban J connectivity index is 0.00000182. The van der Waals surface area contributed by atoms with Crippen LogP contribution in [0, 0.1) is 0 Å². The molecule has 5 nitrogen and oxygen atoms in total. The van der Waals surface area contributed by atoms with Gasteiger partial charge < -0.3 is 10.6 Å². The number of aromatic nitrogens is 2. The topological polar surface area (TPSA) is 59.0 Å². The Morgan fingerprint density at radius 1 is 1.24 bits per heavy atom. The predicted molar refractivity (Wildman–Crippen MR) is 103 cm³/mol. The van der Waals surface area contributed by atoms with Gasteiger partial charge in [-0.3, -0.25) is 4.79 Å². The number of thiophene rings is 1. The van der Waals surface area contributed by atoms with Gasteiger partial charge in [-0.05, 0) is 36.5 Å². The van der Waals surface area contributed by atoms with Crippen molar-refractivity contribution in [3.05, 3.63) is 59.6 Å². The highest BCUT2D eigenvalue weighted by Gasteiger charge is 2.23. The number of para-hydroxylation sites is 1. The van der Waals surface area contributed by atoms with Crippen molar-refractivity contribution in [1.82, 2.24) is 20.4 Å². The van der Waals surface area contributed by atoms with E-state index in [1.165, 1.54) is 0 Å². The third-order valence-electron chi connectivity index (χ3n) is 4.13. The largest absolute Gasteiger partial charge is 0.348 e. The highest BCUT2D eigenvalue weighted by molar-refractivity contribution is 7.13. The quantitative estimate of drug-likeness (QED) is 0.737. The summed E-state index contributed by atoms with van der Waals surface area (Å²) in [5.74, 6) is -0.0609. The van der Waals surface area contributed by atoms with Gasteiger partial charge in [-0.15, -0.1) is 23.7 Å². The van der Waals surface area contributed by atoms with Gasteiger partial charge in [0.25, 0.3) is 5.91 Å². The summed E-state index contributed by atoms with van der Waals surface area (Å²) in [4.78, 5) is 13.8. The molecule has 1 aromatic carbocycles. The molecule has 1 amide bonds. The summed E-state index contributed by atoms with van der Waals surface area (Å²) in [6.07, 6.45) is 2.79. The maximum Gasteiger partial charge on any atom is 0.255 e. The Kier molecular flexibility index (Phi) is 5.53. The SMILES string of the molecule is Cl.O=C(NC1CCNC1)c1cn(-c2ccccc2)nc1-c1cccs1. The molecule has 0 aliphatic carbocycles. The first-order valence-corrected chi connectivity index (χ1v) is 8.90. The molecule has 3 aromatic rings. The van der Waals surface area contributed by atoms with Crippen LogP contribution in [0.25, 0.3) is 16.3 Å². The summed E-state index contributed by atoms with van der Waals surface area (Å²) < 4.78 is 1.77. The molecule has 1 aliphatic rings. The fourth-order valence-corrected chi connectivity index (χ4v) is 3.61. The number of carbonyl (C=O) groups excluding carboxylic acids is 1. The van der Waals surface area contributed by atoms with Crippen molar-refractivity contribution >= 4 is 29.7 Å². The molecule has 1 atom stereocenters. The lowest BCUT2D eigenvalue weighted by Crippen LogP contribution is -2.36. The molecule has 1 fully saturated rings. The van der Waals surface area contributed by atoms with Gasteiger partial charge in [0.1, 0.15) is 5.69 Å². The number of benzene rings is 1. The second kappa shape index (κ2) is 7.82. The number of hydrogen-bond donors (Lipinski definition) is 2. The van der Waals surface area contributed by atoms with Crippen LogP contribution >= 0.6 is 23.7 Å². The monoisotopic (exact) mass is 374 g/mol. The van der Waals surface area contributed by atoms with E-state index in [9.17, 15) is 4.79 Å². The van der Waals surface area contributed by atoms with Crippen LogP contribution in [0.2, 0.25) is 0 Å². The Bertz CT molecular complexity index is 826. The molecule has 0 spiro atoms. The van der Waals surface area contributed by atoms with E-state index < -0.39 is 0 Å². The minimum atomic E-state index is -0.0609. The minimum absolute atomic E-state index is 0. The zero-order chi connectivity index (χ0) is 16.4. The molecular weight excluding hydrogens is 356 g/mol. The zero-order valence-electron chi connectivity index (χ0n) is 13.5. The van der Waals surface area contributed by atoms with Gasteiger partial charge in [0, 0.05) is 18.8 Å². The molecule has 0 bridgehead atoms. The van der Waals surface area contributed by atoms with Crippen LogP contribution < -0.4 is 10.6 Å². The summed E-state index contributed by atoms with van der Waals surface area (Å²) in [5, 5.41) is 13.0. The second-order valence-electron chi connectivity index (χ2n) is 5.81. The molecule has 3 heterocycles. The van der Waals surface area contributed by atoms with E-state index in [0.29, 0.717) is 5.56 Å². The lowest BCUT2D eigenvalue weighted by atomic mass is 10.2. The minimum Gasteiger partial charge on any atom is -0.348 e.